The van der Waals surface area contributed by atoms with Crippen molar-refractivity contribution in [2.24, 2.45) is 0 Å². The Morgan fingerprint density at radius 1 is 1.15 bits per heavy atom. The number of carbonyl (C=O) groups excluding carboxylic acids is 1. The second-order valence-electron chi connectivity index (χ2n) is 7.22. The van der Waals surface area contributed by atoms with Crippen molar-refractivity contribution in [3.63, 3.8) is 0 Å². The first-order chi connectivity index (χ1) is 13.0. The van der Waals surface area contributed by atoms with Crippen molar-refractivity contribution < 1.29 is 14.3 Å². The maximum absolute atomic E-state index is 13.4. The second kappa shape index (κ2) is 8.55. The van der Waals surface area contributed by atoms with Gasteiger partial charge in [0.1, 0.15) is 11.8 Å². The van der Waals surface area contributed by atoms with E-state index in [0.29, 0.717) is 24.5 Å². The van der Waals surface area contributed by atoms with E-state index in [4.69, 9.17) is 9.47 Å². The number of rotatable bonds is 5. The Hall–Kier alpha value is -2.37. The summed E-state index contributed by atoms with van der Waals surface area (Å²) in [7, 11) is 1.61. The summed E-state index contributed by atoms with van der Waals surface area (Å²) >= 11 is 0. The van der Waals surface area contributed by atoms with Gasteiger partial charge in [-0.05, 0) is 44.0 Å². The fourth-order valence-electron chi connectivity index (χ4n) is 3.71. The first kappa shape index (κ1) is 19.4. The van der Waals surface area contributed by atoms with Crippen LogP contribution in [0, 0.1) is 6.92 Å². The molecule has 1 fully saturated rings. The van der Waals surface area contributed by atoms with Gasteiger partial charge in [0.15, 0.2) is 0 Å². The highest BCUT2D eigenvalue weighted by molar-refractivity contribution is 5.96. The van der Waals surface area contributed by atoms with Gasteiger partial charge in [-0.1, -0.05) is 36.4 Å². The molecule has 3 atom stereocenters. The number of morpholine rings is 1. The summed E-state index contributed by atoms with van der Waals surface area (Å²) in [4.78, 5) is 15.6. The van der Waals surface area contributed by atoms with Gasteiger partial charge in [0, 0.05) is 13.1 Å². The van der Waals surface area contributed by atoms with Gasteiger partial charge in [0.25, 0.3) is 0 Å². The number of nitrogens with zero attached hydrogens (tertiary/aromatic N) is 1. The Labute approximate surface area is 161 Å². The van der Waals surface area contributed by atoms with Gasteiger partial charge < -0.3 is 14.8 Å². The number of carbonyl (C=O) groups is 1. The van der Waals surface area contributed by atoms with Gasteiger partial charge in [0.05, 0.1) is 25.0 Å². The van der Waals surface area contributed by atoms with Crippen molar-refractivity contribution >= 4 is 11.6 Å². The summed E-state index contributed by atoms with van der Waals surface area (Å²) in [6.07, 6.45) is 0.169. The number of ether oxygens (including phenoxy) is 2. The summed E-state index contributed by atoms with van der Waals surface area (Å²) in [5.74, 6) is 0.593. The number of benzene rings is 2. The highest BCUT2D eigenvalue weighted by Gasteiger charge is 2.33. The normalized spacial score (nSPS) is 21.5. The lowest BCUT2D eigenvalue weighted by Crippen LogP contribution is -2.49. The summed E-state index contributed by atoms with van der Waals surface area (Å²) in [6, 6.07) is 15.3. The van der Waals surface area contributed by atoms with E-state index in [1.54, 1.807) is 7.11 Å². The first-order valence-corrected chi connectivity index (χ1v) is 9.38. The molecular formula is C22H28N2O3. The van der Waals surface area contributed by atoms with Crippen LogP contribution in [0.15, 0.2) is 48.5 Å². The third-order valence-electron chi connectivity index (χ3n) is 4.79. The van der Waals surface area contributed by atoms with Gasteiger partial charge in [0.2, 0.25) is 5.91 Å². The first-order valence-electron chi connectivity index (χ1n) is 9.38. The van der Waals surface area contributed by atoms with E-state index < -0.39 is 0 Å². The standard InChI is InChI=1S/C22H28N2O3/c1-15-10-11-20(26-4)19(12-15)23-22(25)21(18-8-6-5-7-9-18)24-13-16(2)27-17(3)14-24/h5-12,16-17,21H,13-14H2,1-4H3,(H,23,25). The molecule has 27 heavy (non-hydrogen) atoms. The van der Waals surface area contributed by atoms with Gasteiger partial charge in [-0.2, -0.15) is 0 Å². The zero-order chi connectivity index (χ0) is 19.4. The highest BCUT2D eigenvalue weighted by Crippen LogP contribution is 2.30. The molecule has 1 saturated heterocycles. The Bertz CT molecular complexity index is 768. The zero-order valence-corrected chi connectivity index (χ0v) is 16.4. The Morgan fingerprint density at radius 2 is 1.81 bits per heavy atom. The molecule has 0 saturated carbocycles. The number of nitrogens with one attached hydrogen (secondary N) is 1. The molecule has 3 rings (SSSR count). The minimum Gasteiger partial charge on any atom is -0.495 e. The molecule has 1 aliphatic heterocycles. The van der Waals surface area contributed by atoms with Crippen LogP contribution in [0.2, 0.25) is 0 Å². The van der Waals surface area contributed by atoms with Crippen LogP contribution < -0.4 is 10.1 Å². The number of anilines is 1. The molecule has 1 heterocycles. The van der Waals surface area contributed by atoms with Crippen LogP contribution in [0.3, 0.4) is 0 Å². The highest BCUT2D eigenvalue weighted by atomic mass is 16.5. The molecule has 0 spiro atoms. The molecule has 5 heteroatoms. The zero-order valence-electron chi connectivity index (χ0n) is 16.4. The number of methoxy groups -OCH3 is 1. The number of hydrogen-bond acceptors (Lipinski definition) is 4. The number of hydrogen-bond donors (Lipinski definition) is 1. The van der Waals surface area contributed by atoms with E-state index in [1.165, 1.54) is 0 Å². The van der Waals surface area contributed by atoms with Crippen LogP contribution in [-0.4, -0.2) is 43.2 Å². The SMILES string of the molecule is COc1ccc(C)cc1NC(=O)C(c1ccccc1)N1CC(C)OC(C)C1. The molecule has 3 unspecified atom stereocenters. The monoisotopic (exact) mass is 368 g/mol. The second-order valence-corrected chi connectivity index (χ2v) is 7.22. The minimum absolute atomic E-state index is 0.0635. The van der Waals surface area contributed by atoms with Gasteiger partial charge in [-0.3, -0.25) is 9.69 Å². The number of aryl methyl sites for hydroxylation is 1. The van der Waals surface area contributed by atoms with E-state index >= 15 is 0 Å². The largest absolute Gasteiger partial charge is 0.495 e. The molecule has 1 aliphatic rings. The van der Waals surface area contributed by atoms with Crippen LogP contribution in [0.4, 0.5) is 5.69 Å². The molecule has 144 valence electrons. The lowest BCUT2D eigenvalue weighted by atomic mass is 10.0. The van der Waals surface area contributed by atoms with E-state index in [0.717, 1.165) is 11.1 Å². The van der Waals surface area contributed by atoms with E-state index in [-0.39, 0.29) is 24.2 Å². The van der Waals surface area contributed by atoms with Crippen molar-refractivity contribution in [2.75, 3.05) is 25.5 Å². The van der Waals surface area contributed by atoms with Crippen LogP contribution in [0.5, 0.6) is 5.75 Å². The lowest BCUT2D eigenvalue weighted by Gasteiger charge is -2.39. The summed E-state index contributed by atoms with van der Waals surface area (Å²) in [6.45, 7) is 7.51. The minimum atomic E-state index is -0.384. The molecule has 0 aromatic heterocycles. The summed E-state index contributed by atoms with van der Waals surface area (Å²) in [5.41, 5.74) is 2.73. The van der Waals surface area contributed by atoms with Crippen molar-refractivity contribution in [2.45, 2.75) is 39.0 Å². The molecule has 5 nitrogen and oxygen atoms in total. The third kappa shape index (κ3) is 4.67. The molecule has 1 amide bonds. The van der Waals surface area contributed by atoms with E-state index in [2.05, 4.69) is 10.2 Å². The Balaban J connectivity index is 1.91. The Morgan fingerprint density at radius 3 is 2.44 bits per heavy atom. The fourth-order valence-corrected chi connectivity index (χ4v) is 3.71. The maximum atomic E-state index is 13.4. The number of amides is 1. The average molecular weight is 368 g/mol. The smallest absolute Gasteiger partial charge is 0.246 e. The summed E-state index contributed by atoms with van der Waals surface area (Å²) in [5, 5.41) is 3.08. The fraction of sp³-hybridized carbons (Fsp3) is 0.409. The quantitative estimate of drug-likeness (QED) is 0.872. The molecule has 1 N–H and O–H groups in total. The molecule has 0 radical (unpaired) electrons. The molecule has 0 bridgehead atoms. The van der Waals surface area contributed by atoms with Crippen molar-refractivity contribution in [1.29, 1.82) is 0 Å². The van der Waals surface area contributed by atoms with E-state index in [1.807, 2.05) is 69.3 Å². The Kier molecular flexibility index (Phi) is 6.14. The van der Waals surface area contributed by atoms with Crippen molar-refractivity contribution in [3.05, 3.63) is 59.7 Å². The van der Waals surface area contributed by atoms with Gasteiger partial charge in [-0.15, -0.1) is 0 Å². The van der Waals surface area contributed by atoms with Crippen LogP contribution in [0.1, 0.15) is 31.0 Å². The van der Waals surface area contributed by atoms with Gasteiger partial charge >= 0.3 is 0 Å². The van der Waals surface area contributed by atoms with Crippen LogP contribution >= 0.6 is 0 Å². The van der Waals surface area contributed by atoms with Gasteiger partial charge in [-0.25, -0.2) is 0 Å². The van der Waals surface area contributed by atoms with Crippen molar-refractivity contribution in [1.82, 2.24) is 4.90 Å². The maximum Gasteiger partial charge on any atom is 0.246 e. The van der Waals surface area contributed by atoms with Crippen molar-refractivity contribution in [3.8, 4) is 5.75 Å². The molecule has 2 aromatic carbocycles. The molecule has 0 aliphatic carbocycles. The predicted molar refractivity (Wildman–Crippen MR) is 107 cm³/mol. The molecule has 2 aromatic rings. The lowest BCUT2D eigenvalue weighted by molar-refractivity contribution is -0.128. The van der Waals surface area contributed by atoms with Crippen LogP contribution in [-0.2, 0) is 9.53 Å². The van der Waals surface area contributed by atoms with E-state index in [9.17, 15) is 4.79 Å². The summed E-state index contributed by atoms with van der Waals surface area (Å²) < 4.78 is 11.3. The van der Waals surface area contributed by atoms with Crippen LogP contribution in [0.25, 0.3) is 0 Å². The third-order valence-corrected chi connectivity index (χ3v) is 4.79. The molecular weight excluding hydrogens is 340 g/mol. The topological polar surface area (TPSA) is 50.8 Å². The predicted octanol–water partition coefficient (Wildman–Crippen LogP) is 3.79. The average Bonchev–Trinajstić information content (AvgIpc) is 2.62.